The Kier molecular flexibility index (Phi) is 3.39. The second-order valence-corrected chi connectivity index (χ2v) is 5.17. The zero-order valence-electron chi connectivity index (χ0n) is 12.1. The van der Waals surface area contributed by atoms with Crippen molar-refractivity contribution in [1.29, 1.82) is 0 Å². The van der Waals surface area contributed by atoms with Crippen molar-refractivity contribution in [1.82, 2.24) is 19.7 Å². The summed E-state index contributed by atoms with van der Waals surface area (Å²) >= 11 is 0. The number of anilines is 1. The van der Waals surface area contributed by atoms with Crippen LogP contribution in [0.5, 0.6) is 0 Å². The van der Waals surface area contributed by atoms with Crippen LogP contribution in [0.15, 0.2) is 48.8 Å². The van der Waals surface area contributed by atoms with E-state index in [0.29, 0.717) is 17.7 Å². The minimum atomic E-state index is 0.299. The van der Waals surface area contributed by atoms with Gasteiger partial charge in [-0.25, -0.2) is 9.97 Å². The van der Waals surface area contributed by atoms with E-state index in [9.17, 15) is 0 Å². The summed E-state index contributed by atoms with van der Waals surface area (Å²) in [4.78, 5) is 8.92. The van der Waals surface area contributed by atoms with E-state index in [1.165, 1.54) is 0 Å². The van der Waals surface area contributed by atoms with Gasteiger partial charge in [-0.1, -0.05) is 30.3 Å². The van der Waals surface area contributed by atoms with Crippen molar-refractivity contribution in [3.05, 3.63) is 48.8 Å². The predicted molar refractivity (Wildman–Crippen MR) is 83.5 cm³/mol. The van der Waals surface area contributed by atoms with Crippen LogP contribution in [0, 0.1) is 0 Å². The van der Waals surface area contributed by atoms with Gasteiger partial charge in [-0.15, -0.1) is 0 Å². The summed E-state index contributed by atoms with van der Waals surface area (Å²) in [5, 5.41) is 4.32. The number of hydrogen-bond acceptors (Lipinski definition) is 4. The maximum atomic E-state index is 5.92. The van der Waals surface area contributed by atoms with Gasteiger partial charge in [0.25, 0.3) is 0 Å². The van der Waals surface area contributed by atoms with E-state index in [2.05, 4.69) is 28.9 Å². The van der Waals surface area contributed by atoms with Crippen LogP contribution in [-0.2, 0) is 0 Å². The number of nitrogen functional groups attached to an aromatic ring is 1. The van der Waals surface area contributed by atoms with Gasteiger partial charge < -0.3 is 5.73 Å². The highest BCUT2D eigenvalue weighted by atomic mass is 15.3. The second kappa shape index (κ2) is 5.36. The Morgan fingerprint density at radius 3 is 2.48 bits per heavy atom. The third-order valence-electron chi connectivity index (χ3n) is 3.20. The molecule has 21 heavy (non-hydrogen) atoms. The summed E-state index contributed by atoms with van der Waals surface area (Å²) in [6, 6.07) is 12.0. The van der Waals surface area contributed by atoms with Gasteiger partial charge in [0, 0.05) is 23.9 Å². The molecule has 0 radical (unpaired) electrons. The van der Waals surface area contributed by atoms with Gasteiger partial charge in [-0.05, 0) is 13.8 Å². The van der Waals surface area contributed by atoms with Crippen LogP contribution in [0.25, 0.3) is 22.6 Å². The fourth-order valence-corrected chi connectivity index (χ4v) is 2.09. The average molecular weight is 279 g/mol. The van der Waals surface area contributed by atoms with Crippen LogP contribution in [0.3, 0.4) is 0 Å². The quantitative estimate of drug-likeness (QED) is 0.799. The first-order valence-electron chi connectivity index (χ1n) is 6.88. The highest BCUT2D eigenvalue weighted by Gasteiger charge is 2.10. The topological polar surface area (TPSA) is 69.6 Å². The number of aromatic nitrogens is 4. The van der Waals surface area contributed by atoms with E-state index in [-0.39, 0.29) is 0 Å². The normalized spacial score (nSPS) is 11.0. The molecule has 0 fully saturated rings. The number of rotatable bonds is 3. The molecular weight excluding hydrogens is 262 g/mol. The molecule has 5 heteroatoms. The average Bonchev–Trinajstić information content (AvgIpc) is 2.98. The molecule has 1 aromatic carbocycles. The van der Waals surface area contributed by atoms with Crippen molar-refractivity contribution in [2.45, 2.75) is 19.9 Å². The van der Waals surface area contributed by atoms with Crippen LogP contribution >= 0.6 is 0 Å². The maximum absolute atomic E-state index is 5.92. The molecule has 0 aliphatic carbocycles. The Balaban J connectivity index is 2.05. The minimum absolute atomic E-state index is 0.299. The molecule has 0 bridgehead atoms. The first-order valence-corrected chi connectivity index (χ1v) is 6.88. The molecule has 2 N–H and O–H groups in total. The molecule has 0 aliphatic rings. The van der Waals surface area contributed by atoms with Crippen molar-refractivity contribution >= 4 is 5.82 Å². The van der Waals surface area contributed by atoms with Crippen molar-refractivity contribution in [3.63, 3.8) is 0 Å². The van der Waals surface area contributed by atoms with Crippen molar-refractivity contribution in [2.75, 3.05) is 5.73 Å². The first-order chi connectivity index (χ1) is 10.1. The Morgan fingerprint density at radius 2 is 1.81 bits per heavy atom. The van der Waals surface area contributed by atoms with Crippen LogP contribution in [0.1, 0.15) is 19.9 Å². The van der Waals surface area contributed by atoms with Gasteiger partial charge in [0.05, 0.1) is 17.5 Å². The van der Waals surface area contributed by atoms with E-state index in [1.807, 2.05) is 41.2 Å². The first kappa shape index (κ1) is 13.3. The predicted octanol–water partition coefficient (Wildman–Crippen LogP) is 3.17. The third-order valence-corrected chi connectivity index (χ3v) is 3.20. The Morgan fingerprint density at radius 1 is 1.05 bits per heavy atom. The van der Waals surface area contributed by atoms with Crippen molar-refractivity contribution in [3.8, 4) is 22.6 Å². The molecule has 5 nitrogen and oxygen atoms in total. The van der Waals surface area contributed by atoms with Gasteiger partial charge in [-0.3, -0.25) is 4.68 Å². The Bertz CT molecular complexity index is 746. The van der Waals surface area contributed by atoms with Crippen LogP contribution in [-0.4, -0.2) is 19.7 Å². The monoisotopic (exact) mass is 279 g/mol. The molecule has 2 aromatic heterocycles. The summed E-state index contributed by atoms with van der Waals surface area (Å²) in [5.41, 5.74) is 8.62. The fourth-order valence-electron chi connectivity index (χ4n) is 2.09. The Labute approximate surface area is 123 Å². The molecule has 0 unspecified atom stereocenters. The van der Waals surface area contributed by atoms with Crippen molar-refractivity contribution in [2.24, 2.45) is 0 Å². The molecule has 0 atom stereocenters. The summed E-state index contributed by atoms with van der Waals surface area (Å²) in [6.07, 6.45) is 3.71. The van der Waals surface area contributed by atoms with Gasteiger partial charge >= 0.3 is 0 Å². The molecule has 0 amide bonds. The molecular formula is C16H17N5. The van der Waals surface area contributed by atoms with Crippen LogP contribution < -0.4 is 5.73 Å². The fraction of sp³-hybridized carbons (Fsp3) is 0.188. The zero-order valence-corrected chi connectivity index (χ0v) is 12.1. The highest BCUT2D eigenvalue weighted by Crippen LogP contribution is 2.23. The standard InChI is InChI=1S/C16H17N5/c1-11(2)21-10-13(9-18-21)16-19-14(8-15(17)20-16)12-6-4-3-5-7-12/h3-11H,1-2H3,(H2,17,19,20). The number of hydrogen-bond donors (Lipinski definition) is 1. The van der Waals surface area contributed by atoms with E-state index < -0.39 is 0 Å². The van der Waals surface area contributed by atoms with E-state index in [0.717, 1.165) is 16.8 Å². The van der Waals surface area contributed by atoms with Gasteiger partial charge in [0.1, 0.15) is 5.82 Å². The number of benzene rings is 1. The molecule has 0 spiro atoms. The highest BCUT2D eigenvalue weighted by molar-refractivity contribution is 5.66. The molecule has 106 valence electrons. The molecule has 0 saturated carbocycles. The summed E-state index contributed by atoms with van der Waals surface area (Å²) < 4.78 is 1.88. The zero-order chi connectivity index (χ0) is 14.8. The van der Waals surface area contributed by atoms with Crippen LogP contribution in [0.2, 0.25) is 0 Å². The molecule has 0 saturated heterocycles. The Hall–Kier alpha value is -2.69. The lowest BCUT2D eigenvalue weighted by atomic mass is 10.1. The molecule has 2 heterocycles. The van der Waals surface area contributed by atoms with E-state index >= 15 is 0 Å². The maximum Gasteiger partial charge on any atom is 0.165 e. The van der Waals surface area contributed by atoms with Gasteiger partial charge in [0.2, 0.25) is 0 Å². The largest absolute Gasteiger partial charge is 0.384 e. The lowest BCUT2D eigenvalue weighted by Gasteiger charge is -2.05. The van der Waals surface area contributed by atoms with E-state index in [4.69, 9.17) is 5.73 Å². The minimum Gasteiger partial charge on any atom is -0.384 e. The van der Waals surface area contributed by atoms with Gasteiger partial charge in [0.15, 0.2) is 5.82 Å². The molecule has 3 aromatic rings. The summed E-state index contributed by atoms with van der Waals surface area (Å²) in [5.74, 6) is 1.05. The molecule has 3 rings (SSSR count). The van der Waals surface area contributed by atoms with Crippen molar-refractivity contribution < 1.29 is 0 Å². The molecule has 0 aliphatic heterocycles. The van der Waals surface area contributed by atoms with E-state index in [1.54, 1.807) is 12.3 Å². The summed E-state index contributed by atoms with van der Waals surface area (Å²) in [7, 11) is 0. The second-order valence-electron chi connectivity index (χ2n) is 5.17. The number of nitrogens with two attached hydrogens (primary N) is 1. The lowest BCUT2D eigenvalue weighted by Crippen LogP contribution is -2.00. The smallest absolute Gasteiger partial charge is 0.165 e. The summed E-state index contributed by atoms with van der Waals surface area (Å²) in [6.45, 7) is 4.15. The SMILES string of the molecule is CC(C)n1cc(-c2nc(N)cc(-c3ccccc3)n2)cn1. The van der Waals surface area contributed by atoms with Crippen LogP contribution in [0.4, 0.5) is 5.82 Å². The lowest BCUT2D eigenvalue weighted by molar-refractivity contribution is 0.532. The third kappa shape index (κ3) is 2.76. The number of nitrogens with zero attached hydrogens (tertiary/aromatic N) is 4. The van der Waals surface area contributed by atoms with Gasteiger partial charge in [-0.2, -0.15) is 5.10 Å².